The van der Waals surface area contributed by atoms with Crippen LogP contribution in [0.3, 0.4) is 0 Å². The zero-order valence-electron chi connectivity index (χ0n) is 15.6. The third kappa shape index (κ3) is 4.07. The van der Waals surface area contributed by atoms with E-state index in [1.54, 1.807) is 63.4 Å². The van der Waals surface area contributed by atoms with Crippen molar-refractivity contribution in [3.8, 4) is 23.3 Å². The Balaban J connectivity index is 1.74. The van der Waals surface area contributed by atoms with Crippen LogP contribution in [0.5, 0.6) is 11.5 Å². The van der Waals surface area contributed by atoms with Gasteiger partial charge in [0.2, 0.25) is 0 Å². The molecule has 1 aromatic heterocycles. The first-order valence-electron chi connectivity index (χ1n) is 8.43. The van der Waals surface area contributed by atoms with Crippen molar-refractivity contribution >= 4 is 11.6 Å². The number of aryl methyl sites for hydroxylation is 1. The zero-order valence-corrected chi connectivity index (χ0v) is 15.6. The van der Waals surface area contributed by atoms with Crippen LogP contribution in [0.2, 0.25) is 0 Å². The highest BCUT2D eigenvalue weighted by Gasteiger charge is 2.17. The van der Waals surface area contributed by atoms with Gasteiger partial charge in [0.25, 0.3) is 5.91 Å². The molecule has 0 radical (unpaired) electrons. The first kappa shape index (κ1) is 18.8. The number of carbonyl (C=O) groups is 1. The maximum atomic E-state index is 12.5. The molecule has 0 saturated carbocycles. The van der Waals surface area contributed by atoms with Crippen molar-refractivity contribution in [3.05, 3.63) is 53.9 Å². The summed E-state index contributed by atoms with van der Waals surface area (Å²) in [6, 6.07) is 13.7. The van der Waals surface area contributed by atoms with Crippen LogP contribution in [-0.2, 0) is 4.79 Å². The van der Waals surface area contributed by atoms with Gasteiger partial charge < -0.3 is 14.8 Å². The minimum atomic E-state index is -0.742. The second kappa shape index (κ2) is 8.18. The number of nitrogens with one attached hydrogen (secondary N) is 1. The van der Waals surface area contributed by atoms with Crippen molar-refractivity contribution in [1.29, 1.82) is 5.26 Å². The molecule has 2 aromatic carbocycles. The summed E-state index contributed by atoms with van der Waals surface area (Å²) in [5.74, 6) is 1.32. The fourth-order valence-electron chi connectivity index (χ4n) is 2.50. The van der Waals surface area contributed by atoms with Gasteiger partial charge in [0.1, 0.15) is 17.2 Å². The maximum absolute atomic E-state index is 12.5. The number of hydrogen-bond acceptors (Lipinski definition) is 7. The van der Waals surface area contributed by atoms with Gasteiger partial charge in [0, 0.05) is 5.69 Å². The van der Waals surface area contributed by atoms with E-state index < -0.39 is 6.10 Å². The quantitative estimate of drug-likeness (QED) is 0.699. The lowest BCUT2D eigenvalue weighted by Crippen LogP contribution is -2.30. The molecular formula is C19H18N6O3. The Hall–Kier alpha value is -3.93. The molecule has 1 atom stereocenters. The van der Waals surface area contributed by atoms with Gasteiger partial charge in [-0.1, -0.05) is 0 Å². The predicted molar refractivity (Wildman–Crippen MR) is 100 cm³/mol. The molecule has 1 amide bonds. The van der Waals surface area contributed by atoms with Crippen molar-refractivity contribution in [2.45, 2.75) is 20.0 Å². The zero-order chi connectivity index (χ0) is 20.1. The van der Waals surface area contributed by atoms with Gasteiger partial charge in [0.15, 0.2) is 11.9 Å². The molecule has 0 fully saturated rings. The monoisotopic (exact) mass is 378 g/mol. The molecule has 9 nitrogen and oxygen atoms in total. The summed E-state index contributed by atoms with van der Waals surface area (Å²) >= 11 is 0. The summed E-state index contributed by atoms with van der Waals surface area (Å²) < 4.78 is 12.5. The number of aromatic nitrogens is 4. The van der Waals surface area contributed by atoms with Gasteiger partial charge in [-0.15, -0.1) is 5.10 Å². The molecule has 142 valence electrons. The lowest BCUT2D eigenvalue weighted by molar-refractivity contribution is -0.122. The largest absolute Gasteiger partial charge is 0.494 e. The number of amides is 1. The summed E-state index contributed by atoms with van der Waals surface area (Å²) in [5.41, 5.74) is 1.67. The molecular weight excluding hydrogens is 360 g/mol. The highest BCUT2D eigenvalue weighted by atomic mass is 16.5. The molecule has 0 saturated heterocycles. The lowest BCUT2D eigenvalue weighted by atomic mass is 10.2. The van der Waals surface area contributed by atoms with Gasteiger partial charge in [-0.25, -0.2) is 0 Å². The van der Waals surface area contributed by atoms with Crippen LogP contribution in [0, 0.1) is 18.3 Å². The number of ether oxygens (including phenoxy) is 2. The number of carbonyl (C=O) groups excluding carboxylic acids is 1. The molecule has 28 heavy (non-hydrogen) atoms. The minimum absolute atomic E-state index is 0.325. The van der Waals surface area contributed by atoms with Gasteiger partial charge in [-0.2, -0.15) is 9.94 Å². The van der Waals surface area contributed by atoms with Crippen LogP contribution >= 0.6 is 0 Å². The fraction of sp³-hybridized carbons (Fsp3) is 0.211. The van der Waals surface area contributed by atoms with Gasteiger partial charge in [-0.05, 0) is 66.7 Å². The summed E-state index contributed by atoms with van der Waals surface area (Å²) in [4.78, 5) is 12.5. The van der Waals surface area contributed by atoms with Crippen molar-refractivity contribution in [2.24, 2.45) is 0 Å². The van der Waals surface area contributed by atoms with E-state index in [0.29, 0.717) is 34.3 Å². The molecule has 0 aliphatic rings. The first-order chi connectivity index (χ1) is 13.5. The standard InChI is InChI=1S/C19H18N6O3/c1-12(28-16-7-4-14(11-20)5-8-16)19(26)21-15-6-9-18(27-3)17(10-15)25-13(2)22-23-24-25/h4-10,12H,1-3H3,(H,21,26). The Labute approximate surface area is 161 Å². The normalized spacial score (nSPS) is 11.4. The first-order valence-corrected chi connectivity index (χ1v) is 8.43. The predicted octanol–water partition coefficient (Wildman–Crippen LogP) is 2.26. The molecule has 3 rings (SSSR count). The number of nitrogens with zero attached hydrogens (tertiary/aromatic N) is 5. The third-order valence-electron chi connectivity index (χ3n) is 3.97. The van der Waals surface area contributed by atoms with Crippen LogP contribution in [0.1, 0.15) is 18.3 Å². The summed E-state index contributed by atoms with van der Waals surface area (Å²) in [6.45, 7) is 3.40. The summed E-state index contributed by atoms with van der Waals surface area (Å²) in [7, 11) is 1.55. The maximum Gasteiger partial charge on any atom is 0.265 e. The van der Waals surface area contributed by atoms with Crippen LogP contribution in [0.25, 0.3) is 5.69 Å². The van der Waals surface area contributed by atoms with E-state index in [9.17, 15) is 4.79 Å². The second-order valence-electron chi connectivity index (χ2n) is 5.91. The van der Waals surface area contributed by atoms with E-state index in [1.807, 2.05) is 6.07 Å². The topological polar surface area (TPSA) is 115 Å². The summed E-state index contributed by atoms with van der Waals surface area (Å²) in [5, 5.41) is 23.1. The van der Waals surface area contributed by atoms with Crippen LogP contribution in [0.15, 0.2) is 42.5 Å². The second-order valence-corrected chi connectivity index (χ2v) is 5.91. The van der Waals surface area contributed by atoms with Crippen molar-refractivity contribution in [2.75, 3.05) is 12.4 Å². The molecule has 1 N–H and O–H groups in total. The van der Waals surface area contributed by atoms with E-state index in [0.717, 1.165) is 0 Å². The lowest BCUT2D eigenvalue weighted by Gasteiger charge is -2.16. The minimum Gasteiger partial charge on any atom is -0.494 e. The van der Waals surface area contributed by atoms with E-state index in [1.165, 1.54) is 4.68 Å². The van der Waals surface area contributed by atoms with Gasteiger partial charge in [-0.3, -0.25) is 4.79 Å². The molecule has 0 spiro atoms. The van der Waals surface area contributed by atoms with E-state index in [-0.39, 0.29) is 5.91 Å². The number of benzene rings is 2. The Kier molecular flexibility index (Phi) is 5.50. The molecule has 9 heteroatoms. The Bertz CT molecular complexity index is 1020. The van der Waals surface area contributed by atoms with Gasteiger partial charge in [0.05, 0.1) is 18.7 Å². The Morgan fingerprint density at radius 3 is 2.61 bits per heavy atom. The molecule has 3 aromatic rings. The molecule has 0 aliphatic heterocycles. The molecule has 0 bridgehead atoms. The summed E-state index contributed by atoms with van der Waals surface area (Å²) in [6.07, 6.45) is -0.742. The SMILES string of the molecule is COc1ccc(NC(=O)C(C)Oc2ccc(C#N)cc2)cc1-n1nnnc1C. The molecule has 1 heterocycles. The van der Waals surface area contributed by atoms with Crippen LogP contribution in [-0.4, -0.2) is 39.3 Å². The smallest absolute Gasteiger partial charge is 0.265 e. The average Bonchev–Trinajstić information content (AvgIpc) is 3.14. The van der Waals surface area contributed by atoms with Crippen molar-refractivity contribution < 1.29 is 14.3 Å². The highest BCUT2D eigenvalue weighted by Crippen LogP contribution is 2.26. The van der Waals surface area contributed by atoms with Crippen molar-refractivity contribution in [1.82, 2.24) is 20.2 Å². The van der Waals surface area contributed by atoms with Crippen LogP contribution in [0.4, 0.5) is 5.69 Å². The number of tetrazole rings is 1. The molecule has 0 aliphatic carbocycles. The number of methoxy groups -OCH3 is 1. The number of hydrogen-bond donors (Lipinski definition) is 1. The van der Waals surface area contributed by atoms with Crippen LogP contribution < -0.4 is 14.8 Å². The van der Waals surface area contributed by atoms with Crippen molar-refractivity contribution in [3.63, 3.8) is 0 Å². The number of rotatable bonds is 6. The van der Waals surface area contributed by atoms with E-state index >= 15 is 0 Å². The molecule has 1 unspecified atom stereocenters. The Morgan fingerprint density at radius 1 is 1.25 bits per heavy atom. The number of anilines is 1. The average molecular weight is 378 g/mol. The van der Waals surface area contributed by atoms with Gasteiger partial charge >= 0.3 is 0 Å². The Morgan fingerprint density at radius 2 is 2.00 bits per heavy atom. The highest BCUT2D eigenvalue weighted by molar-refractivity contribution is 5.94. The van der Waals surface area contributed by atoms with E-state index in [2.05, 4.69) is 20.8 Å². The van der Waals surface area contributed by atoms with E-state index in [4.69, 9.17) is 14.7 Å². The number of nitriles is 1. The third-order valence-corrected chi connectivity index (χ3v) is 3.97. The fourth-order valence-corrected chi connectivity index (χ4v) is 2.50.